The zero-order valence-corrected chi connectivity index (χ0v) is 19.4. The van der Waals surface area contributed by atoms with Crippen molar-refractivity contribution in [2.24, 2.45) is 0 Å². The molecule has 0 fully saturated rings. The number of aromatic nitrogens is 5. The summed E-state index contributed by atoms with van der Waals surface area (Å²) in [4.78, 5) is 36.5. The van der Waals surface area contributed by atoms with Gasteiger partial charge in [-0.3, -0.25) is 19.9 Å². The highest BCUT2D eigenvalue weighted by molar-refractivity contribution is 5.97. The van der Waals surface area contributed by atoms with Crippen LogP contribution >= 0.6 is 0 Å². The van der Waals surface area contributed by atoms with Gasteiger partial charge in [-0.25, -0.2) is 4.98 Å². The first-order valence-corrected chi connectivity index (χ1v) is 11.4. The van der Waals surface area contributed by atoms with Crippen LogP contribution in [0.3, 0.4) is 0 Å². The van der Waals surface area contributed by atoms with Crippen LogP contribution in [0.5, 0.6) is 0 Å². The molecule has 0 aliphatic rings. The number of imidazole rings is 1. The first-order valence-electron chi connectivity index (χ1n) is 11.4. The number of benzene rings is 2. The van der Waals surface area contributed by atoms with Crippen molar-refractivity contribution in [3.05, 3.63) is 90.1 Å². The van der Waals surface area contributed by atoms with E-state index in [-0.39, 0.29) is 23.7 Å². The number of H-pyrrole nitrogens is 1. The second-order valence-corrected chi connectivity index (χ2v) is 8.23. The maximum absolute atomic E-state index is 13.2. The van der Waals surface area contributed by atoms with Crippen molar-refractivity contribution in [2.75, 3.05) is 5.32 Å². The molecule has 0 spiro atoms. The quantitative estimate of drug-likeness (QED) is 0.304. The van der Waals surface area contributed by atoms with Gasteiger partial charge in [-0.2, -0.15) is 0 Å². The number of anilines is 1. The van der Waals surface area contributed by atoms with Crippen LogP contribution in [0.4, 0.5) is 6.01 Å². The molecule has 0 aliphatic carbocycles. The number of nitrogens with zero attached hydrogens (tertiary/aromatic N) is 4. The van der Waals surface area contributed by atoms with Crippen molar-refractivity contribution in [3.8, 4) is 11.4 Å². The fraction of sp³-hybridized carbons (Fsp3) is 0.154. The summed E-state index contributed by atoms with van der Waals surface area (Å²) in [5.74, 6) is 0.288. The van der Waals surface area contributed by atoms with Crippen LogP contribution < -0.4 is 10.6 Å². The molecular formula is C26H23N7O3. The molecule has 5 aromatic rings. The SMILES string of the molecule is CC(=O)Nc1nnc([C@H](CCc2ccccc2)NC(=O)c2ccc3nc(-c4ccncc4)[nH]c3c2)o1. The number of aromatic amines is 1. The standard InChI is InChI=1S/C26H23N7O3/c1-16(34)28-26-33-32-25(36-26)21(9-7-17-5-3-2-4-6-17)31-24(35)19-8-10-20-22(15-19)30-23(29-20)18-11-13-27-14-12-18/h2-6,8,10-15,21H,7,9H2,1H3,(H,29,30)(H,31,35)(H,28,33,34)/t21-/m0/s1. The summed E-state index contributed by atoms with van der Waals surface area (Å²) in [6, 6.07) is 18.3. The van der Waals surface area contributed by atoms with E-state index in [1.165, 1.54) is 6.92 Å². The van der Waals surface area contributed by atoms with Crippen molar-refractivity contribution >= 4 is 28.9 Å². The molecule has 0 saturated heterocycles. The number of aryl methyl sites for hydroxylation is 1. The second-order valence-electron chi connectivity index (χ2n) is 8.23. The summed E-state index contributed by atoms with van der Waals surface area (Å²) in [7, 11) is 0. The largest absolute Gasteiger partial charge is 0.406 e. The molecule has 180 valence electrons. The van der Waals surface area contributed by atoms with Crippen LogP contribution in [0.25, 0.3) is 22.4 Å². The summed E-state index contributed by atoms with van der Waals surface area (Å²) in [6.07, 6.45) is 4.60. The minimum absolute atomic E-state index is 0.0148. The Morgan fingerprint density at radius 3 is 2.61 bits per heavy atom. The van der Waals surface area contributed by atoms with E-state index in [0.717, 1.165) is 22.2 Å². The Morgan fingerprint density at radius 2 is 1.83 bits per heavy atom. The van der Waals surface area contributed by atoms with Crippen molar-refractivity contribution in [2.45, 2.75) is 25.8 Å². The Labute approximate surface area is 206 Å². The number of amides is 2. The van der Waals surface area contributed by atoms with Gasteiger partial charge in [0.2, 0.25) is 11.8 Å². The van der Waals surface area contributed by atoms with E-state index in [1.54, 1.807) is 30.6 Å². The zero-order valence-electron chi connectivity index (χ0n) is 19.4. The molecule has 36 heavy (non-hydrogen) atoms. The van der Waals surface area contributed by atoms with E-state index in [4.69, 9.17) is 4.42 Å². The topological polar surface area (TPSA) is 139 Å². The van der Waals surface area contributed by atoms with Crippen LogP contribution in [0.1, 0.15) is 41.2 Å². The molecule has 0 bridgehead atoms. The lowest BCUT2D eigenvalue weighted by Crippen LogP contribution is -2.29. The summed E-state index contributed by atoms with van der Waals surface area (Å²) in [5.41, 5.74) is 3.95. The molecule has 10 nitrogen and oxygen atoms in total. The number of hydrogen-bond acceptors (Lipinski definition) is 7. The number of hydrogen-bond donors (Lipinski definition) is 3. The van der Waals surface area contributed by atoms with Gasteiger partial charge in [-0.15, -0.1) is 5.10 Å². The monoisotopic (exact) mass is 481 g/mol. The molecule has 0 saturated carbocycles. The Bertz CT molecular complexity index is 1500. The van der Waals surface area contributed by atoms with Crippen LogP contribution in [0, 0.1) is 0 Å². The Morgan fingerprint density at radius 1 is 1.03 bits per heavy atom. The van der Waals surface area contributed by atoms with E-state index in [9.17, 15) is 9.59 Å². The van der Waals surface area contributed by atoms with Crippen LogP contribution in [-0.4, -0.2) is 37.0 Å². The highest BCUT2D eigenvalue weighted by Crippen LogP contribution is 2.23. The zero-order chi connectivity index (χ0) is 24.9. The fourth-order valence-corrected chi connectivity index (χ4v) is 3.83. The van der Waals surface area contributed by atoms with Gasteiger partial charge < -0.3 is 14.7 Å². The number of fused-ring (bicyclic) bond motifs is 1. The Hall–Kier alpha value is -4.86. The average molecular weight is 482 g/mol. The van der Waals surface area contributed by atoms with E-state index >= 15 is 0 Å². The Kier molecular flexibility index (Phi) is 6.48. The summed E-state index contributed by atoms with van der Waals surface area (Å²) < 4.78 is 5.61. The normalized spacial score (nSPS) is 11.8. The van der Waals surface area contributed by atoms with Gasteiger partial charge in [0.15, 0.2) is 0 Å². The van der Waals surface area contributed by atoms with Gasteiger partial charge in [0, 0.05) is 30.4 Å². The third-order valence-electron chi connectivity index (χ3n) is 5.59. The predicted molar refractivity (Wildman–Crippen MR) is 133 cm³/mol. The van der Waals surface area contributed by atoms with Gasteiger partial charge in [0.1, 0.15) is 11.9 Å². The predicted octanol–water partition coefficient (Wildman–Crippen LogP) is 4.07. The molecular weight excluding hydrogens is 458 g/mol. The molecule has 10 heteroatoms. The molecule has 0 aliphatic heterocycles. The van der Waals surface area contributed by atoms with Crippen LogP contribution in [-0.2, 0) is 11.2 Å². The number of rotatable bonds is 8. The highest BCUT2D eigenvalue weighted by Gasteiger charge is 2.22. The maximum Gasteiger partial charge on any atom is 0.322 e. The molecule has 2 aromatic carbocycles. The van der Waals surface area contributed by atoms with E-state index in [2.05, 4.69) is 35.8 Å². The summed E-state index contributed by atoms with van der Waals surface area (Å²) in [5, 5.41) is 13.4. The minimum Gasteiger partial charge on any atom is -0.406 e. The maximum atomic E-state index is 13.2. The van der Waals surface area contributed by atoms with E-state index in [1.807, 2.05) is 42.5 Å². The fourth-order valence-electron chi connectivity index (χ4n) is 3.83. The Balaban J connectivity index is 1.37. The molecule has 5 rings (SSSR count). The van der Waals surface area contributed by atoms with Gasteiger partial charge in [-0.05, 0) is 48.7 Å². The van der Waals surface area contributed by atoms with E-state index < -0.39 is 6.04 Å². The van der Waals surface area contributed by atoms with Crippen molar-refractivity contribution in [3.63, 3.8) is 0 Å². The van der Waals surface area contributed by atoms with Crippen LogP contribution in [0.15, 0.2) is 77.5 Å². The van der Waals surface area contributed by atoms with Crippen LogP contribution in [0.2, 0.25) is 0 Å². The average Bonchev–Trinajstić information content (AvgIpc) is 3.54. The lowest BCUT2D eigenvalue weighted by atomic mass is 10.0. The van der Waals surface area contributed by atoms with Crippen molar-refractivity contribution in [1.82, 2.24) is 30.5 Å². The lowest BCUT2D eigenvalue weighted by molar-refractivity contribution is -0.114. The van der Waals surface area contributed by atoms with Gasteiger partial charge >= 0.3 is 6.01 Å². The molecule has 0 unspecified atom stereocenters. The van der Waals surface area contributed by atoms with Crippen molar-refractivity contribution in [1.29, 1.82) is 0 Å². The lowest BCUT2D eigenvalue weighted by Gasteiger charge is -2.15. The summed E-state index contributed by atoms with van der Waals surface area (Å²) in [6.45, 7) is 1.35. The molecule has 0 radical (unpaired) electrons. The highest BCUT2D eigenvalue weighted by atomic mass is 16.4. The summed E-state index contributed by atoms with van der Waals surface area (Å²) >= 11 is 0. The third-order valence-corrected chi connectivity index (χ3v) is 5.59. The number of nitrogens with one attached hydrogen (secondary N) is 3. The first kappa shape index (κ1) is 22.9. The minimum atomic E-state index is -0.558. The number of carbonyl (C=O) groups is 2. The van der Waals surface area contributed by atoms with Gasteiger partial charge in [0.05, 0.1) is 11.0 Å². The van der Waals surface area contributed by atoms with E-state index in [0.29, 0.717) is 24.2 Å². The van der Waals surface area contributed by atoms with Gasteiger partial charge in [0.25, 0.3) is 5.91 Å². The smallest absolute Gasteiger partial charge is 0.322 e. The second kappa shape index (κ2) is 10.2. The molecule has 3 heterocycles. The molecule has 3 aromatic heterocycles. The molecule has 2 amide bonds. The number of carbonyl (C=O) groups excluding carboxylic acids is 2. The first-order chi connectivity index (χ1) is 17.5. The molecule has 3 N–H and O–H groups in total. The third kappa shape index (κ3) is 5.27. The number of pyridine rings is 1. The molecule has 1 atom stereocenters. The van der Waals surface area contributed by atoms with Crippen molar-refractivity contribution < 1.29 is 14.0 Å². The van der Waals surface area contributed by atoms with Gasteiger partial charge in [-0.1, -0.05) is 35.4 Å².